The summed E-state index contributed by atoms with van der Waals surface area (Å²) in [6, 6.07) is 9.51. The maximum Gasteiger partial charge on any atom is 0.234 e. The van der Waals surface area contributed by atoms with Gasteiger partial charge in [0.05, 0.1) is 30.4 Å². The van der Waals surface area contributed by atoms with E-state index in [1.807, 2.05) is 40.0 Å². The molecule has 2 saturated heterocycles. The van der Waals surface area contributed by atoms with E-state index in [0.29, 0.717) is 31.5 Å². The maximum absolute atomic E-state index is 12.5. The Kier molecular flexibility index (Phi) is 8.46. The summed E-state index contributed by atoms with van der Waals surface area (Å²) in [5.41, 5.74) is 1.48. The molecule has 0 aliphatic carbocycles. The quantitative estimate of drug-likeness (QED) is 0.635. The summed E-state index contributed by atoms with van der Waals surface area (Å²) in [6.07, 6.45) is 1.33. The zero-order chi connectivity index (χ0) is 24.0. The number of nitrogens with zero attached hydrogens (tertiary/aromatic N) is 4. The molecule has 8 nitrogen and oxygen atoms in total. The molecule has 0 spiro atoms. The standard InChI is InChI=1S/C25H37N5O3/c1-25(2,3)27-23(31)18-30-16-21-14-29(15-22(17-30)33-21)12-11-28(4)24(32)10-9-19-5-7-20(13-26)8-6-19/h5-8,21-22H,9-12,14-18H2,1-4H3,(H,27,31). The number of amides is 2. The number of carbonyl (C=O) groups excluding carboxylic acids is 2. The van der Waals surface area contributed by atoms with E-state index in [0.717, 1.165) is 38.3 Å². The number of morpholine rings is 2. The van der Waals surface area contributed by atoms with E-state index in [9.17, 15) is 9.59 Å². The summed E-state index contributed by atoms with van der Waals surface area (Å²) >= 11 is 0. The van der Waals surface area contributed by atoms with Gasteiger partial charge in [0.1, 0.15) is 0 Å². The van der Waals surface area contributed by atoms with Crippen molar-refractivity contribution in [1.82, 2.24) is 20.0 Å². The van der Waals surface area contributed by atoms with E-state index in [-0.39, 0.29) is 29.6 Å². The minimum atomic E-state index is -0.221. The topological polar surface area (TPSA) is 88.9 Å². The fraction of sp³-hybridized carbons (Fsp3) is 0.640. The lowest BCUT2D eigenvalue weighted by molar-refractivity contribution is -0.146. The Bertz CT molecular complexity index is 844. The van der Waals surface area contributed by atoms with E-state index in [4.69, 9.17) is 10.00 Å². The van der Waals surface area contributed by atoms with Crippen molar-refractivity contribution in [1.29, 1.82) is 5.26 Å². The van der Waals surface area contributed by atoms with Gasteiger partial charge in [-0.3, -0.25) is 19.4 Å². The minimum Gasteiger partial charge on any atom is -0.370 e. The second-order valence-corrected chi connectivity index (χ2v) is 10.3. The molecule has 180 valence electrons. The zero-order valence-electron chi connectivity index (χ0n) is 20.3. The van der Waals surface area contributed by atoms with Crippen LogP contribution in [0, 0.1) is 11.3 Å². The first-order valence-electron chi connectivity index (χ1n) is 11.8. The van der Waals surface area contributed by atoms with Crippen molar-refractivity contribution >= 4 is 11.8 Å². The maximum atomic E-state index is 12.5. The lowest BCUT2D eigenvalue weighted by atomic mass is 10.1. The minimum absolute atomic E-state index is 0.0560. The molecule has 1 aromatic carbocycles. The average Bonchev–Trinajstić information content (AvgIpc) is 2.74. The third-order valence-electron chi connectivity index (χ3n) is 6.00. The number of nitriles is 1. The van der Waals surface area contributed by atoms with Gasteiger partial charge in [0.15, 0.2) is 0 Å². The van der Waals surface area contributed by atoms with Crippen molar-refractivity contribution in [2.24, 2.45) is 0 Å². The van der Waals surface area contributed by atoms with Crippen LogP contribution >= 0.6 is 0 Å². The van der Waals surface area contributed by atoms with Gasteiger partial charge in [0, 0.05) is 58.3 Å². The molecule has 1 N–H and O–H groups in total. The molecular weight excluding hydrogens is 418 g/mol. The van der Waals surface area contributed by atoms with Crippen LogP contribution in [0.1, 0.15) is 38.3 Å². The number of hydrogen-bond acceptors (Lipinski definition) is 6. The predicted octanol–water partition coefficient (Wildman–Crippen LogP) is 1.25. The third-order valence-corrected chi connectivity index (χ3v) is 6.00. The average molecular weight is 456 g/mol. The molecule has 2 amide bonds. The number of benzene rings is 1. The molecule has 0 aromatic heterocycles. The van der Waals surface area contributed by atoms with E-state index < -0.39 is 0 Å². The van der Waals surface area contributed by atoms with Crippen LogP contribution in [0.5, 0.6) is 0 Å². The van der Waals surface area contributed by atoms with Gasteiger partial charge in [-0.05, 0) is 44.9 Å². The zero-order valence-corrected chi connectivity index (χ0v) is 20.3. The van der Waals surface area contributed by atoms with Gasteiger partial charge >= 0.3 is 0 Å². The van der Waals surface area contributed by atoms with E-state index >= 15 is 0 Å². The molecule has 0 radical (unpaired) electrons. The molecule has 2 heterocycles. The van der Waals surface area contributed by atoms with Crippen LogP contribution in [-0.2, 0) is 20.7 Å². The molecule has 2 aliphatic heterocycles. The number of fused-ring (bicyclic) bond motifs is 2. The van der Waals surface area contributed by atoms with Crippen LogP contribution in [0.15, 0.2) is 24.3 Å². The highest BCUT2D eigenvalue weighted by Gasteiger charge is 2.35. The lowest BCUT2D eigenvalue weighted by Gasteiger charge is -2.46. The Morgan fingerprint density at radius 1 is 1.12 bits per heavy atom. The molecule has 33 heavy (non-hydrogen) atoms. The summed E-state index contributed by atoms with van der Waals surface area (Å²) in [7, 11) is 1.86. The molecule has 2 atom stereocenters. The third kappa shape index (κ3) is 8.11. The van der Waals surface area contributed by atoms with Gasteiger partial charge in [0.25, 0.3) is 0 Å². The second-order valence-electron chi connectivity index (χ2n) is 10.3. The Morgan fingerprint density at radius 3 is 2.30 bits per heavy atom. The SMILES string of the molecule is CN(CCN1CC2CN(CC(=O)NC(C)(C)C)CC(C1)O2)C(=O)CCc1ccc(C#N)cc1. The van der Waals surface area contributed by atoms with Gasteiger partial charge in [0.2, 0.25) is 11.8 Å². The highest BCUT2D eigenvalue weighted by molar-refractivity contribution is 5.78. The van der Waals surface area contributed by atoms with Crippen molar-refractivity contribution in [2.75, 3.05) is 52.9 Å². The van der Waals surface area contributed by atoms with Gasteiger partial charge < -0.3 is 15.0 Å². The molecule has 8 heteroatoms. The van der Waals surface area contributed by atoms with Gasteiger partial charge in [-0.25, -0.2) is 0 Å². The van der Waals surface area contributed by atoms with Crippen molar-refractivity contribution in [3.63, 3.8) is 0 Å². The first-order valence-corrected chi connectivity index (χ1v) is 11.8. The molecular formula is C25H37N5O3. The number of carbonyl (C=O) groups is 2. The summed E-state index contributed by atoms with van der Waals surface area (Å²) in [5, 5.41) is 11.9. The highest BCUT2D eigenvalue weighted by Crippen LogP contribution is 2.19. The Balaban J connectivity index is 1.38. The summed E-state index contributed by atoms with van der Waals surface area (Å²) < 4.78 is 6.11. The van der Waals surface area contributed by atoms with Crippen molar-refractivity contribution in [3.8, 4) is 6.07 Å². The fourth-order valence-corrected chi connectivity index (χ4v) is 4.44. The second kappa shape index (κ2) is 11.1. The molecule has 3 rings (SSSR count). The fourth-order valence-electron chi connectivity index (χ4n) is 4.44. The molecule has 2 unspecified atom stereocenters. The molecule has 1 aromatic rings. The number of aryl methyl sites for hydroxylation is 1. The van der Waals surface area contributed by atoms with E-state index in [1.54, 1.807) is 17.0 Å². The van der Waals surface area contributed by atoms with Gasteiger partial charge in [-0.2, -0.15) is 5.26 Å². The van der Waals surface area contributed by atoms with Gasteiger partial charge in [-0.1, -0.05) is 12.1 Å². The predicted molar refractivity (Wildman–Crippen MR) is 127 cm³/mol. The molecule has 2 bridgehead atoms. The number of likely N-dealkylation sites (N-methyl/N-ethyl adjacent to an activating group) is 1. The number of rotatable bonds is 8. The molecule has 2 fully saturated rings. The number of ether oxygens (including phenoxy) is 1. The number of hydrogen-bond donors (Lipinski definition) is 1. The smallest absolute Gasteiger partial charge is 0.234 e. The van der Waals surface area contributed by atoms with Crippen LogP contribution in [0.3, 0.4) is 0 Å². The summed E-state index contributed by atoms with van der Waals surface area (Å²) in [4.78, 5) is 31.2. The Morgan fingerprint density at radius 2 is 1.73 bits per heavy atom. The normalized spacial score (nSPS) is 21.3. The van der Waals surface area contributed by atoms with E-state index in [2.05, 4.69) is 21.2 Å². The first-order chi connectivity index (χ1) is 15.6. The van der Waals surface area contributed by atoms with Gasteiger partial charge in [-0.15, -0.1) is 0 Å². The van der Waals surface area contributed by atoms with Crippen LogP contribution in [0.25, 0.3) is 0 Å². The van der Waals surface area contributed by atoms with Crippen LogP contribution in [0.4, 0.5) is 0 Å². The highest BCUT2D eigenvalue weighted by atomic mass is 16.5. The van der Waals surface area contributed by atoms with Crippen LogP contribution in [0.2, 0.25) is 0 Å². The summed E-state index contributed by atoms with van der Waals surface area (Å²) in [5.74, 6) is 0.185. The number of nitrogens with one attached hydrogen (secondary N) is 1. The lowest BCUT2D eigenvalue weighted by Crippen LogP contribution is -2.61. The molecule has 2 aliphatic rings. The first kappa shape index (κ1) is 25.2. The monoisotopic (exact) mass is 455 g/mol. The van der Waals surface area contributed by atoms with Crippen LogP contribution in [-0.4, -0.2) is 97.1 Å². The van der Waals surface area contributed by atoms with Crippen LogP contribution < -0.4 is 5.32 Å². The Hall–Kier alpha value is -2.47. The van der Waals surface area contributed by atoms with E-state index in [1.165, 1.54) is 0 Å². The summed E-state index contributed by atoms with van der Waals surface area (Å²) in [6.45, 7) is 11.0. The van der Waals surface area contributed by atoms with Crippen molar-refractivity contribution in [3.05, 3.63) is 35.4 Å². The van der Waals surface area contributed by atoms with Crippen molar-refractivity contribution in [2.45, 2.75) is 51.4 Å². The molecule has 0 saturated carbocycles. The Labute approximate surface area is 197 Å². The van der Waals surface area contributed by atoms with Crippen molar-refractivity contribution < 1.29 is 14.3 Å². The largest absolute Gasteiger partial charge is 0.370 e.